The summed E-state index contributed by atoms with van der Waals surface area (Å²) in [6.07, 6.45) is 0. The summed E-state index contributed by atoms with van der Waals surface area (Å²) in [5.41, 5.74) is 1.87. The number of phenols is 1. The lowest BCUT2D eigenvalue weighted by atomic mass is 10.2. The van der Waals surface area contributed by atoms with Gasteiger partial charge in [0.25, 0.3) is 0 Å². The summed E-state index contributed by atoms with van der Waals surface area (Å²) in [5, 5.41) is 13.3. The van der Waals surface area contributed by atoms with Crippen molar-refractivity contribution >= 4 is 34.7 Å². The van der Waals surface area contributed by atoms with Crippen LogP contribution < -0.4 is 10.1 Å². The van der Waals surface area contributed by atoms with E-state index in [0.717, 1.165) is 26.9 Å². The minimum Gasteiger partial charge on any atom is -0.506 e. The highest BCUT2D eigenvalue weighted by Gasteiger charge is 2.18. The molecule has 0 spiro atoms. The van der Waals surface area contributed by atoms with Crippen molar-refractivity contribution in [3.05, 3.63) is 35.4 Å². The van der Waals surface area contributed by atoms with Crippen LogP contribution in [0.5, 0.6) is 11.5 Å². The summed E-state index contributed by atoms with van der Waals surface area (Å²) in [6, 6.07) is 9.12. The van der Waals surface area contributed by atoms with Gasteiger partial charge in [0, 0.05) is 16.9 Å². The number of fused-ring (bicyclic) bond motifs is 2. The van der Waals surface area contributed by atoms with Gasteiger partial charge < -0.3 is 19.9 Å². The normalized spacial score (nSPS) is 12.3. The fourth-order valence-corrected chi connectivity index (χ4v) is 3.09. The zero-order valence-corrected chi connectivity index (χ0v) is 12.2. The topological polar surface area (TPSA) is 50.7 Å². The number of rotatable bonds is 3. The van der Waals surface area contributed by atoms with Crippen molar-refractivity contribution in [1.29, 1.82) is 0 Å². The number of nitrogens with one attached hydrogen (secondary N) is 1. The molecule has 1 aliphatic heterocycles. The van der Waals surface area contributed by atoms with Crippen LogP contribution in [0.25, 0.3) is 0 Å². The second kappa shape index (κ2) is 5.44. The fraction of sp³-hybridized carbons (Fsp3) is 0.143. The molecule has 0 saturated heterocycles. The zero-order chi connectivity index (χ0) is 14.1. The summed E-state index contributed by atoms with van der Waals surface area (Å²) in [4.78, 5) is 1.94. The molecule has 0 atom stereocenters. The molecular formula is C14H12ClNO3S. The minimum atomic E-state index is 0.0787. The lowest BCUT2D eigenvalue weighted by molar-refractivity contribution is 0.0510. The van der Waals surface area contributed by atoms with E-state index >= 15 is 0 Å². The molecular weight excluding hydrogens is 298 g/mol. The van der Waals surface area contributed by atoms with E-state index in [0.29, 0.717) is 5.02 Å². The van der Waals surface area contributed by atoms with Gasteiger partial charge in [-0.3, -0.25) is 0 Å². The molecule has 6 heteroatoms. The van der Waals surface area contributed by atoms with Crippen LogP contribution in [0.3, 0.4) is 0 Å². The lowest BCUT2D eigenvalue weighted by Gasteiger charge is -2.21. The van der Waals surface area contributed by atoms with Gasteiger partial charge in [0.15, 0.2) is 6.79 Å². The Morgan fingerprint density at radius 1 is 1.20 bits per heavy atom. The average Bonchev–Trinajstić information content (AvgIpc) is 2.44. The maximum atomic E-state index is 9.68. The van der Waals surface area contributed by atoms with Crippen LogP contribution >= 0.6 is 23.4 Å². The van der Waals surface area contributed by atoms with Crippen LogP contribution in [0, 0.1) is 0 Å². The first-order valence-corrected chi connectivity index (χ1v) is 7.10. The third kappa shape index (κ3) is 2.52. The molecule has 4 nitrogen and oxygen atoms in total. The molecule has 0 aliphatic carbocycles. The van der Waals surface area contributed by atoms with Gasteiger partial charge in [0.05, 0.1) is 16.4 Å². The van der Waals surface area contributed by atoms with Gasteiger partial charge in [-0.1, -0.05) is 23.4 Å². The van der Waals surface area contributed by atoms with E-state index in [1.54, 1.807) is 31.0 Å². The molecule has 2 aromatic carbocycles. The zero-order valence-electron chi connectivity index (χ0n) is 10.6. The van der Waals surface area contributed by atoms with Crippen molar-refractivity contribution in [3.63, 3.8) is 0 Å². The number of halogens is 1. The Morgan fingerprint density at radius 3 is 2.80 bits per heavy atom. The standard InChI is InChI=1S/C14H12ClNO3S/c1-18-7-19-8-2-3-10-13(4-8)20-14-6-12(17)9(15)5-11(14)16-10/h2-6,16-17H,7H2,1H3. The van der Waals surface area contributed by atoms with E-state index in [9.17, 15) is 5.11 Å². The minimum absolute atomic E-state index is 0.0787. The second-order valence-electron chi connectivity index (χ2n) is 4.24. The van der Waals surface area contributed by atoms with Crippen molar-refractivity contribution in [2.75, 3.05) is 19.2 Å². The number of aromatic hydroxyl groups is 1. The quantitative estimate of drug-likeness (QED) is 0.560. The predicted molar refractivity (Wildman–Crippen MR) is 79.5 cm³/mol. The number of hydrogen-bond donors (Lipinski definition) is 2. The Kier molecular flexibility index (Phi) is 3.65. The molecule has 0 amide bonds. The third-order valence-corrected chi connectivity index (χ3v) is 4.25. The first-order valence-electron chi connectivity index (χ1n) is 5.90. The van der Waals surface area contributed by atoms with Gasteiger partial charge in [0.2, 0.25) is 0 Å². The molecule has 104 valence electrons. The summed E-state index contributed by atoms with van der Waals surface area (Å²) in [6.45, 7) is 0.212. The SMILES string of the molecule is COCOc1ccc2c(c1)Sc1cc(O)c(Cl)cc1N2. The van der Waals surface area contributed by atoms with Crippen molar-refractivity contribution in [3.8, 4) is 11.5 Å². The molecule has 1 heterocycles. The van der Waals surface area contributed by atoms with E-state index in [2.05, 4.69) is 5.32 Å². The second-order valence-corrected chi connectivity index (χ2v) is 5.73. The first-order chi connectivity index (χ1) is 9.67. The molecule has 2 N–H and O–H groups in total. The van der Waals surface area contributed by atoms with Crippen LogP contribution in [-0.2, 0) is 4.74 Å². The summed E-state index contributed by atoms with van der Waals surface area (Å²) < 4.78 is 10.3. The van der Waals surface area contributed by atoms with Crippen molar-refractivity contribution in [1.82, 2.24) is 0 Å². The highest BCUT2D eigenvalue weighted by Crippen LogP contribution is 2.47. The molecule has 0 aromatic heterocycles. The van der Waals surface area contributed by atoms with E-state index in [1.807, 2.05) is 18.2 Å². The summed E-state index contributed by atoms with van der Waals surface area (Å²) >= 11 is 7.47. The molecule has 0 bridgehead atoms. The van der Waals surface area contributed by atoms with Crippen LogP contribution in [0.2, 0.25) is 5.02 Å². The predicted octanol–water partition coefficient (Wildman–Crippen LogP) is 4.24. The molecule has 20 heavy (non-hydrogen) atoms. The number of methoxy groups -OCH3 is 1. The molecule has 0 unspecified atom stereocenters. The van der Waals surface area contributed by atoms with Crippen molar-refractivity contribution in [2.24, 2.45) is 0 Å². The third-order valence-electron chi connectivity index (χ3n) is 2.83. The molecule has 0 radical (unpaired) electrons. The Morgan fingerprint density at radius 2 is 2.00 bits per heavy atom. The highest BCUT2D eigenvalue weighted by atomic mass is 35.5. The molecule has 0 fully saturated rings. The maximum Gasteiger partial charge on any atom is 0.188 e. The van der Waals surface area contributed by atoms with E-state index < -0.39 is 0 Å². The van der Waals surface area contributed by atoms with Crippen molar-refractivity contribution < 1.29 is 14.6 Å². The first kappa shape index (κ1) is 13.4. The van der Waals surface area contributed by atoms with Gasteiger partial charge >= 0.3 is 0 Å². The molecule has 2 aromatic rings. The average molecular weight is 310 g/mol. The van der Waals surface area contributed by atoms with Crippen molar-refractivity contribution in [2.45, 2.75) is 9.79 Å². The monoisotopic (exact) mass is 309 g/mol. The molecule has 1 aliphatic rings. The van der Waals surface area contributed by atoms with Gasteiger partial charge in [-0.15, -0.1) is 0 Å². The van der Waals surface area contributed by atoms with Crippen LogP contribution in [0.4, 0.5) is 11.4 Å². The molecule has 3 rings (SSSR count). The fourth-order valence-electron chi connectivity index (χ4n) is 1.90. The number of hydrogen-bond acceptors (Lipinski definition) is 5. The lowest BCUT2D eigenvalue weighted by Crippen LogP contribution is -2.02. The van der Waals surface area contributed by atoms with Crippen LogP contribution in [0.15, 0.2) is 40.1 Å². The van der Waals surface area contributed by atoms with E-state index in [1.165, 1.54) is 0 Å². The van der Waals surface area contributed by atoms with E-state index in [-0.39, 0.29) is 12.5 Å². The number of anilines is 2. The Balaban J connectivity index is 1.92. The highest BCUT2D eigenvalue weighted by molar-refractivity contribution is 7.99. The van der Waals surface area contributed by atoms with Crippen LogP contribution in [-0.4, -0.2) is 19.0 Å². The number of phenolic OH excluding ortho intramolecular Hbond substituents is 1. The Hall–Kier alpha value is -1.56. The smallest absolute Gasteiger partial charge is 0.188 e. The van der Waals surface area contributed by atoms with Crippen LogP contribution in [0.1, 0.15) is 0 Å². The molecule has 0 saturated carbocycles. The van der Waals surface area contributed by atoms with E-state index in [4.69, 9.17) is 21.1 Å². The summed E-state index contributed by atoms with van der Waals surface area (Å²) in [5.74, 6) is 0.816. The Labute approximate surface area is 125 Å². The van der Waals surface area contributed by atoms with Gasteiger partial charge in [-0.25, -0.2) is 0 Å². The van der Waals surface area contributed by atoms with Gasteiger partial charge in [-0.05, 0) is 30.3 Å². The summed E-state index contributed by atoms with van der Waals surface area (Å²) in [7, 11) is 1.58. The van der Waals surface area contributed by atoms with Gasteiger partial charge in [-0.2, -0.15) is 0 Å². The maximum absolute atomic E-state index is 9.68. The largest absolute Gasteiger partial charge is 0.506 e. The number of ether oxygens (including phenoxy) is 2. The number of benzene rings is 2. The van der Waals surface area contributed by atoms with Gasteiger partial charge in [0.1, 0.15) is 11.5 Å². The Bertz CT molecular complexity index is 663.